The van der Waals surface area contributed by atoms with Gasteiger partial charge in [-0.05, 0) is 25.1 Å². The van der Waals surface area contributed by atoms with E-state index in [0.717, 1.165) is 12.1 Å². The van der Waals surface area contributed by atoms with E-state index < -0.39 is 27.9 Å². The van der Waals surface area contributed by atoms with Crippen LogP contribution in [-0.2, 0) is 19.8 Å². The standard InChI is InChI=1S/C18H15FN2O5/c1-2-25-17(22)18(14-9-8-13(21(23)24)10-15(14)19)11-26-16(20-18)12-6-4-3-5-7-12/h3-10H,2,11H2,1H3. The molecule has 1 aliphatic heterocycles. The molecule has 0 spiro atoms. The summed E-state index contributed by atoms with van der Waals surface area (Å²) in [7, 11) is 0. The highest BCUT2D eigenvalue weighted by atomic mass is 19.1. The molecule has 26 heavy (non-hydrogen) atoms. The molecule has 0 saturated heterocycles. The van der Waals surface area contributed by atoms with Gasteiger partial charge in [0.1, 0.15) is 12.4 Å². The van der Waals surface area contributed by atoms with Crippen molar-refractivity contribution in [1.29, 1.82) is 0 Å². The van der Waals surface area contributed by atoms with E-state index in [2.05, 4.69) is 4.99 Å². The number of hydrogen-bond acceptors (Lipinski definition) is 6. The summed E-state index contributed by atoms with van der Waals surface area (Å²) in [6, 6.07) is 11.9. The third-order valence-corrected chi connectivity index (χ3v) is 3.95. The Labute approximate surface area is 148 Å². The molecule has 1 heterocycles. The number of nitrogens with zero attached hydrogens (tertiary/aromatic N) is 2. The van der Waals surface area contributed by atoms with Crippen LogP contribution in [0.5, 0.6) is 0 Å². The van der Waals surface area contributed by atoms with E-state index in [1.54, 1.807) is 31.2 Å². The van der Waals surface area contributed by atoms with Crippen molar-refractivity contribution in [2.75, 3.05) is 13.2 Å². The second-order valence-corrected chi connectivity index (χ2v) is 5.57. The van der Waals surface area contributed by atoms with Crippen molar-refractivity contribution in [2.24, 2.45) is 4.99 Å². The van der Waals surface area contributed by atoms with Crippen molar-refractivity contribution >= 4 is 17.6 Å². The minimum absolute atomic E-state index is 0.0748. The van der Waals surface area contributed by atoms with Gasteiger partial charge in [0, 0.05) is 17.2 Å². The lowest BCUT2D eigenvalue weighted by atomic mass is 9.91. The maximum atomic E-state index is 14.6. The maximum absolute atomic E-state index is 14.6. The Balaban J connectivity index is 2.11. The van der Waals surface area contributed by atoms with Gasteiger partial charge in [0.15, 0.2) is 0 Å². The summed E-state index contributed by atoms with van der Waals surface area (Å²) in [6.07, 6.45) is 0. The van der Waals surface area contributed by atoms with Gasteiger partial charge in [-0.1, -0.05) is 18.2 Å². The summed E-state index contributed by atoms with van der Waals surface area (Å²) in [5.41, 5.74) is -1.68. The van der Waals surface area contributed by atoms with Crippen molar-refractivity contribution in [1.82, 2.24) is 0 Å². The first-order chi connectivity index (χ1) is 12.5. The second-order valence-electron chi connectivity index (χ2n) is 5.57. The first kappa shape index (κ1) is 17.5. The molecule has 1 atom stereocenters. The van der Waals surface area contributed by atoms with Gasteiger partial charge in [-0.2, -0.15) is 0 Å². The number of carbonyl (C=O) groups excluding carboxylic acids is 1. The summed E-state index contributed by atoms with van der Waals surface area (Å²) < 4.78 is 25.2. The van der Waals surface area contributed by atoms with Crippen LogP contribution in [0.15, 0.2) is 53.5 Å². The van der Waals surface area contributed by atoms with Gasteiger partial charge < -0.3 is 9.47 Å². The number of ether oxygens (including phenoxy) is 2. The van der Waals surface area contributed by atoms with Crippen molar-refractivity contribution in [3.8, 4) is 0 Å². The molecule has 134 valence electrons. The summed E-state index contributed by atoms with van der Waals surface area (Å²) in [6.45, 7) is 1.44. The molecule has 1 aliphatic rings. The van der Waals surface area contributed by atoms with Crippen molar-refractivity contribution in [3.05, 3.63) is 75.6 Å². The Morgan fingerprint density at radius 2 is 2.08 bits per heavy atom. The minimum Gasteiger partial charge on any atom is -0.474 e. The molecule has 0 radical (unpaired) electrons. The first-order valence-corrected chi connectivity index (χ1v) is 7.87. The lowest BCUT2D eigenvalue weighted by Crippen LogP contribution is -2.38. The van der Waals surface area contributed by atoms with Crippen LogP contribution in [0, 0.1) is 15.9 Å². The van der Waals surface area contributed by atoms with Crippen molar-refractivity contribution < 1.29 is 23.6 Å². The van der Waals surface area contributed by atoms with Gasteiger partial charge in [-0.25, -0.2) is 14.2 Å². The Hall–Kier alpha value is -3.29. The van der Waals surface area contributed by atoms with Crippen LogP contribution in [0.25, 0.3) is 0 Å². The predicted molar refractivity (Wildman–Crippen MR) is 90.3 cm³/mol. The number of nitro groups is 1. The van der Waals surface area contributed by atoms with Gasteiger partial charge in [0.2, 0.25) is 11.4 Å². The molecule has 2 aromatic rings. The van der Waals surface area contributed by atoms with Crippen molar-refractivity contribution in [2.45, 2.75) is 12.5 Å². The normalized spacial score (nSPS) is 18.8. The Morgan fingerprint density at radius 3 is 2.69 bits per heavy atom. The fourth-order valence-electron chi connectivity index (χ4n) is 2.70. The average molecular weight is 358 g/mol. The number of esters is 1. The van der Waals surface area contributed by atoms with E-state index in [1.165, 1.54) is 6.07 Å². The van der Waals surface area contributed by atoms with E-state index in [9.17, 15) is 19.3 Å². The highest BCUT2D eigenvalue weighted by molar-refractivity contribution is 5.99. The maximum Gasteiger partial charge on any atom is 0.342 e. The number of nitro benzene ring substituents is 1. The lowest BCUT2D eigenvalue weighted by Gasteiger charge is -2.22. The highest BCUT2D eigenvalue weighted by Gasteiger charge is 2.49. The van der Waals surface area contributed by atoms with Crippen molar-refractivity contribution in [3.63, 3.8) is 0 Å². The molecule has 2 aromatic carbocycles. The van der Waals surface area contributed by atoms with E-state index in [-0.39, 0.29) is 24.7 Å². The molecule has 1 unspecified atom stereocenters. The first-order valence-electron chi connectivity index (χ1n) is 7.87. The number of aliphatic imine (C=N–C) groups is 1. The van der Waals surface area contributed by atoms with Crippen LogP contribution in [0.1, 0.15) is 18.1 Å². The fourth-order valence-corrected chi connectivity index (χ4v) is 2.70. The third kappa shape index (κ3) is 3.01. The molecule has 0 N–H and O–H groups in total. The van der Waals surface area contributed by atoms with Gasteiger partial charge >= 0.3 is 5.97 Å². The molecule has 3 rings (SSSR count). The van der Waals surface area contributed by atoms with E-state index in [4.69, 9.17) is 9.47 Å². The van der Waals surface area contributed by atoms with Crippen LogP contribution >= 0.6 is 0 Å². The van der Waals surface area contributed by atoms with Gasteiger partial charge in [-0.15, -0.1) is 0 Å². The molecule has 0 aliphatic carbocycles. The quantitative estimate of drug-likeness (QED) is 0.465. The average Bonchev–Trinajstić information content (AvgIpc) is 3.09. The summed E-state index contributed by atoms with van der Waals surface area (Å²) in [5, 5.41) is 10.8. The number of halogens is 1. The SMILES string of the molecule is CCOC(=O)C1(c2ccc([N+](=O)[O-])cc2F)COC(c2ccccc2)=N1. The van der Waals surface area contributed by atoms with E-state index in [0.29, 0.717) is 5.56 Å². The number of benzene rings is 2. The number of non-ortho nitro benzene ring substituents is 1. The molecular formula is C18H15FN2O5. The van der Waals surface area contributed by atoms with Crippen LogP contribution < -0.4 is 0 Å². The lowest BCUT2D eigenvalue weighted by molar-refractivity contribution is -0.385. The van der Waals surface area contributed by atoms with Gasteiger partial charge in [0.25, 0.3) is 5.69 Å². The topological polar surface area (TPSA) is 91.0 Å². The second kappa shape index (κ2) is 6.91. The number of carbonyl (C=O) groups is 1. The zero-order chi connectivity index (χ0) is 18.7. The minimum atomic E-state index is -1.75. The Kier molecular flexibility index (Phi) is 4.66. The zero-order valence-corrected chi connectivity index (χ0v) is 13.8. The van der Waals surface area contributed by atoms with Crippen LogP contribution in [-0.4, -0.2) is 30.0 Å². The molecule has 0 saturated carbocycles. The molecular weight excluding hydrogens is 343 g/mol. The predicted octanol–water partition coefficient (Wildman–Crippen LogP) is 2.97. The zero-order valence-electron chi connectivity index (χ0n) is 13.8. The van der Waals surface area contributed by atoms with Crippen LogP contribution in [0.4, 0.5) is 10.1 Å². The summed E-state index contributed by atoms with van der Waals surface area (Å²) in [5.74, 6) is -1.52. The monoisotopic (exact) mass is 358 g/mol. The number of hydrogen-bond donors (Lipinski definition) is 0. The highest BCUT2D eigenvalue weighted by Crippen LogP contribution is 2.36. The third-order valence-electron chi connectivity index (χ3n) is 3.95. The molecule has 0 amide bonds. The molecule has 0 aromatic heterocycles. The van der Waals surface area contributed by atoms with Gasteiger partial charge in [0.05, 0.1) is 17.6 Å². The van der Waals surface area contributed by atoms with E-state index in [1.807, 2.05) is 6.07 Å². The van der Waals surface area contributed by atoms with E-state index >= 15 is 0 Å². The Bertz CT molecular complexity index is 884. The largest absolute Gasteiger partial charge is 0.474 e. The van der Waals surface area contributed by atoms with Crippen LogP contribution in [0.2, 0.25) is 0 Å². The smallest absolute Gasteiger partial charge is 0.342 e. The molecule has 7 nitrogen and oxygen atoms in total. The molecule has 0 bridgehead atoms. The van der Waals surface area contributed by atoms with Crippen LogP contribution in [0.3, 0.4) is 0 Å². The number of rotatable bonds is 5. The summed E-state index contributed by atoms with van der Waals surface area (Å²) in [4.78, 5) is 27.0. The molecule has 8 heteroatoms. The molecule has 0 fully saturated rings. The Morgan fingerprint density at radius 1 is 1.35 bits per heavy atom. The van der Waals surface area contributed by atoms with Gasteiger partial charge in [-0.3, -0.25) is 10.1 Å². The summed E-state index contributed by atoms with van der Waals surface area (Å²) >= 11 is 0. The fraction of sp³-hybridized carbons (Fsp3) is 0.222.